The molecule has 0 spiro atoms. The first kappa shape index (κ1) is 13.1. The van der Waals surface area contributed by atoms with Gasteiger partial charge in [-0.3, -0.25) is 4.79 Å². The van der Waals surface area contributed by atoms with E-state index in [1.165, 1.54) is 0 Å². The summed E-state index contributed by atoms with van der Waals surface area (Å²) in [6.45, 7) is 7.04. The highest BCUT2D eigenvalue weighted by Crippen LogP contribution is 2.27. The molecule has 2 N–H and O–H groups in total. The first-order valence-corrected chi connectivity index (χ1v) is 5.94. The lowest BCUT2D eigenvalue weighted by Crippen LogP contribution is -2.14. The van der Waals surface area contributed by atoms with Crippen LogP contribution in [-0.4, -0.2) is 16.0 Å². The Morgan fingerprint density at radius 1 is 1.21 bits per heavy atom. The van der Waals surface area contributed by atoms with Gasteiger partial charge in [0.2, 0.25) is 0 Å². The number of nitrogens with one attached hydrogen (secondary N) is 1. The molecular formula is C14H16N2O3. The van der Waals surface area contributed by atoms with Gasteiger partial charge in [0.1, 0.15) is 17.3 Å². The molecule has 0 fully saturated rings. The lowest BCUT2D eigenvalue weighted by Gasteiger charge is -2.12. The zero-order valence-corrected chi connectivity index (χ0v) is 11.4. The number of aromatic hydroxyl groups is 1. The summed E-state index contributed by atoms with van der Waals surface area (Å²) in [5.74, 6) is 1.15. The van der Waals surface area contributed by atoms with Crippen LogP contribution in [0.1, 0.15) is 33.1 Å². The number of furan rings is 1. The summed E-state index contributed by atoms with van der Waals surface area (Å²) < 4.78 is 5.25. The zero-order valence-electron chi connectivity index (χ0n) is 11.4. The van der Waals surface area contributed by atoms with E-state index in [2.05, 4.69) is 10.3 Å². The van der Waals surface area contributed by atoms with Crippen LogP contribution < -0.4 is 5.32 Å². The Morgan fingerprint density at radius 2 is 1.89 bits per heavy atom. The lowest BCUT2D eigenvalue weighted by molar-refractivity contribution is 0.0995. The van der Waals surface area contributed by atoms with E-state index in [0.29, 0.717) is 22.8 Å². The van der Waals surface area contributed by atoms with Crippen molar-refractivity contribution in [3.8, 4) is 5.75 Å². The van der Waals surface area contributed by atoms with Crippen LogP contribution in [0.25, 0.3) is 0 Å². The van der Waals surface area contributed by atoms with Crippen LogP contribution in [0.3, 0.4) is 0 Å². The predicted octanol–water partition coefficient (Wildman–Crippen LogP) is 2.87. The van der Waals surface area contributed by atoms with Gasteiger partial charge in [0.25, 0.3) is 5.91 Å². The molecule has 1 amide bonds. The van der Waals surface area contributed by atoms with Crippen molar-refractivity contribution in [1.29, 1.82) is 0 Å². The molecule has 0 radical (unpaired) electrons. The normalized spacial score (nSPS) is 10.5. The Labute approximate surface area is 111 Å². The predicted molar refractivity (Wildman–Crippen MR) is 71.5 cm³/mol. The van der Waals surface area contributed by atoms with Crippen molar-refractivity contribution >= 4 is 11.7 Å². The largest absolute Gasteiger partial charge is 0.506 e. The van der Waals surface area contributed by atoms with Gasteiger partial charge in [0.15, 0.2) is 5.76 Å². The fourth-order valence-corrected chi connectivity index (χ4v) is 1.78. The standard InChI is InChI=1S/C14H16N2O3/c1-7-5-6-11(19-7)14(18)16-13-9(3)8(2)12(17)10(4)15-13/h5-6,17H,1-4H3,(H,15,16,18). The molecule has 0 aliphatic carbocycles. The Bertz CT molecular complexity index is 644. The summed E-state index contributed by atoms with van der Waals surface area (Å²) in [5.41, 5.74) is 1.92. The van der Waals surface area contributed by atoms with E-state index < -0.39 is 0 Å². The van der Waals surface area contributed by atoms with E-state index in [9.17, 15) is 9.90 Å². The maximum Gasteiger partial charge on any atom is 0.292 e. The van der Waals surface area contributed by atoms with Gasteiger partial charge in [-0.25, -0.2) is 4.98 Å². The monoisotopic (exact) mass is 260 g/mol. The first-order valence-electron chi connectivity index (χ1n) is 5.94. The Morgan fingerprint density at radius 3 is 2.47 bits per heavy atom. The number of anilines is 1. The summed E-state index contributed by atoms with van der Waals surface area (Å²) >= 11 is 0. The molecule has 5 nitrogen and oxygen atoms in total. The maximum absolute atomic E-state index is 12.0. The minimum Gasteiger partial charge on any atom is -0.506 e. The fourth-order valence-electron chi connectivity index (χ4n) is 1.78. The molecule has 5 heteroatoms. The van der Waals surface area contributed by atoms with Gasteiger partial charge >= 0.3 is 0 Å². The maximum atomic E-state index is 12.0. The molecule has 0 unspecified atom stereocenters. The highest BCUT2D eigenvalue weighted by atomic mass is 16.3. The third kappa shape index (κ3) is 2.45. The smallest absolute Gasteiger partial charge is 0.292 e. The Kier molecular flexibility index (Phi) is 3.29. The van der Waals surface area contributed by atoms with Crippen molar-refractivity contribution in [1.82, 2.24) is 4.98 Å². The molecule has 2 aromatic rings. The third-order valence-electron chi connectivity index (χ3n) is 3.09. The van der Waals surface area contributed by atoms with Crippen molar-refractivity contribution in [3.05, 3.63) is 40.5 Å². The molecule has 0 aliphatic heterocycles. The number of hydrogen-bond acceptors (Lipinski definition) is 4. The second-order valence-corrected chi connectivity index (χ2v) is 4.51. The van der Waals surface area contributed by atoms with Gasteiger partial charge in [-0.2, -0.15) is 0 Å². The molecule has 2 aromatic heterocycles. The molecule has 0 saturated carbocycles. The van der Waals surface area contributed by atoms with Crippen LogP contribution in [0.4, 0.5) is 5.82 Å². The lowest BCUT2D eigenvalue weighted by atomic mass is 10.1. The molecule has 0 aliphatic rings. The number of amides is 1. The van der Waals surface area contributed by atoms with Crippen molar-refractivity contribution in [2.45, 2.75) is 27.7 Å². The van der Waals surface area contributed by atoms with Gasteiger partial charge in [0.05, 0.1) is 5.69 Å². The van der Waals surface area contributed by atoms with Crippen LogP contribution >= 0.6 is 0 Å². The number of rotatable bonds is 2. The fraction of sp³-hybridized carbons (Fsp3) is 0.286. The van der Waals surface area contributed by atoms with E-state index in [1.807, 2.05) is 0 Å². The third-order valence-corrected chi connectivity index (χ3v) is 3.09. The number of carbonyl (C=O) groups excluding carboxylic acids is 1. The Balaban J connectivity index is 2.32. The summed E-state index contributed by atoms with van der Waals surface area (Å²) in [6, 6.07) is 3.34. The molecule has 0 aromatic carbocycles. The average molecular weight is 260 g/mol. The summed E-state index contributed by atoms with van der Waals surface area (Å²) in [6.07, 6.45) is 0. The topological polar surface area (TPSA) is 75.4 Å². The van der Waals surface area contributed by atoms with Gasteiger partial charge in [-0.05, 0) is 51.0 Å². The molecule has 2 rings (SSSR count). The number of nitrogens with zero attached hydrogens (tertiary/aromatic N) is 1. The van der Waals surface area contributed by atoms with E-state index in [1.54, 1.807) is 39.8 Å². The molecule has 0 saturated heterocycles. The van der Waals surface area contributed by atoms with E-state index in [4.69, 9.17) is 4.42 Å². The van der Waals surface area contributed by atoms with Crippen LogP contribution in [0.5, 0.6) is 5.75 Å². The van der Waals surface area contributed by atoms with Crippen LogP contribution in [0.2, 0.25) is 0 Å². The van der Waals surface area contributed by atoms with Gasteiger partial charge in [0, 0.05) is 0 Å². The van der Waals surface area contributed by atoms with E-state index in [-0.39, 0.29) is 17.4 Å². The summed E-state index contributed by atoms with van der Waals surface area (Å²) in [4.78, 5) is 16.2. The molecule has 100 valence electrons. The van der Waals surface area contributed by atoms with Gasteiger partial charge in [-0.15, -0.1) is 0 Å². The Hall–Kier alpha value is -2.30. The second kappa shape index (κ2) is 4.76. The number of pyridine rings is 1. The number of aryl methyl sites for hydroxylation is 2. The SMILES string of the molecule is Cc1ccc(C(=O)Nc2nc(C)c(O)c(C)c2C)o1. The summed E-state index contributed by atoms with van der Waals surface area (Å²) in [5, 5.41) is 12.5. The van der Waals surface area contributed by atoms with E-state index in [0.717, 1.165) is 5.56 Å². The van der Waals surface area contributed by atoms with Crippen molar-refractivity contribution in [2.24, 2.45) is 0 Å². The van der Waals surface area contributed by atoms with Crippen molar-refractivity contribution < 1.29 is 14.3 Å². The van der Waals surface area contributed by atoms with E-state index >= 15 is 0 Å². The van der Waals surface area contributed by atoms with Crippen LogP contribution in [-0.2, 0) is 0 Å². The van der Waals surface area contributed by atoms with Crippen molar-refractivity contribution in [2.75, 3.05) is 5.32 Å². The number of carbonyl (C=O) groups is 1. The van der Waals surface area contributed by atoms with Crippen LogP contribution in [0.15, 0.2) is 16.5 Å². The molecule has 2 heterocycles. The number of aromatic nitrogens is 1. The minimum atomic E-state index is -0.354. The van der Waals surface area contributed by atoms with Crippen molar-refractivity contribution in [3.63, 3.8) is 0 Å². The highest BCUT2D eigenvalue weighted by Gasteiger charge is 2.15. The molecular weight excluding hydrogens is 244 g/mol. The average Bonchev–Trinajstić information content (AvgIpc) is 2.80. The van der Waals surface area contributed by atoms with Crippen LogP contribution in [0, 0.1) is 27.7 Å². The quantitative estimate of drug-likeness (QED) is 0.870. The minimum absolute atomic E-state index is 0.157. The van der Waals surface area contributed by atoms with Gasteiger partial charge < -0.3 is 14.8 Å². The van der Waals surface area contributed by atoms with Gasteiger partial charge in [-0.1, -0.05) is 0 Å². The zero-order chi connectivity index (χ0) is 14.2. The molecule has 0 atom stereocenters. The second-order valence-electron chi connectivity index (χ2n) is 4.51. The summed E-state index contributed by atoms with van der Waals surface area (Å²) in [7, 11) is 0. The molecule has 19 heavy (non-hydrogen) atoms. The molecule has 0 bridgehead atoms. The first-order chi connectivity index (χ1) is 8.90. The number of hydrogen-bond donors (Lipinski definition) is 2. The highest BCUT2D eigenvalue weighted by molar-refractivity contribution is 6.02.